The molecule has 14 N–H and O–H groups in total. The number of carbonyl (C=O) groups excluding carboxylic acids is 6. The predicted octanol–water partition coefficient (Wildman–Crippen LogP) is 1.42. The van der Waals surface area contributed by atoms with E-state index in [9.17, 15) is 28.8 Å². The lowest BCUT2D eigenvalue weighted by Gasteiger charge is -2.22. The summed E-state index contributed by atoms with van der Waals surface area (Å²) >= 11 is 0. The number of hydrogen-bond donors (Lipinski definition) is 9. The van der Waals surface area contributed by atoms with E-state index in [0.29, 0.717) is 111 Å². The predicted molar refractivity (Wildman–Crippen MR) is 331 cm³/mol. The van der Waals surface area contributed by atoms with Gasteiger partial charge in [0, 0.05) is 75.6 Å². The summed E-state index contributed by atoms with van der Waals surface area (Å²) in [5.74, 6) is -2.57. The van der Waals surface area contributed by atoms with Crippen LogP contribution in [0, 0.1) is 0 Å². The van der Waals surface area contributed by atoms with E-state index in [4.69, 9.17) is 47.6 Å². The molecule has 6 rings (SSSR count). The molecule has 0 spiro atoms. The average Bonchev–Trinajstić information content (AvgIpc) is 3.67. The molecule has 2 atom stereocenters. The van der Waals surface area contributed by atoms with Crippen LogP contribution in [0.1, 0.15) is 96.3 Å². The van der Waals surface area contributed by atoms with Crippen LogP contribution >= 0.6 is 0 Å². The normalized spacial score (nSPS) is 11.9. The highest BCUT2D eigenvalue weighted by atomic mass is 16.5. The van der Waals surface area contributed by atoms with Gasteiger partial charge in [0.05, 0.1) is 77.5 Å². The number of nitrogen functional groups attached to an aromatic ring is 4. The fourth-order valence-electron chi connectivity index (χ4n) is 9.18. The Balaban J connectivity index is 0.856. The standard InChI is InChI=1S/C58H82N20O10/c1-76(35-39-33-66-51-47(68-39)49(60)72-57(62)74-51)41-15-11-37(12-16-41)53(81)70-43(55(83)85-3)19-21-45(79)64-24-7-5-9-26-78(28-30-88-32-31-87-29-23-59)27-10-6-8-25-65-46(80)22-20-44(56(84)86-4)71-54(82)38-13-17-42(18-14-38)77(2)36-40-34-67-52-48(69-40)50(61)73-58(63)75-52/h11-18,33-34,43-44H,5-10,19-32,35-36,59H2,1-4H3,(H,64,79)(H,65,80)(H,70,81)(H,71,82)(H4,60,62,66,72,74)(H4,61,63,67,73,75). The molecular weight excluding hydrogens is 1140 g/mol. The minimum absolute atomic E-state index is 0.00740. The highest BCUT2D eigenvalue weighted by Crippen LogP contribution is 2.22. The fraction of sp³-hybridized carbons (Fsp3) is 0.483. The molecule has 88 heavy (non-hydrogen) atoms. The minimum Gasteiger partial charge on any atom is -0.467 e. The highest BCUT2D eigenvalue weighted by molar-refractivity contribution is 5.98. The molecule has 30 nitrogen and oxygen atoms in total. The second-order valence-corrected chi connectivity index (χ2v) is 20.7. The summed E-state index contributed by atoms with van der Waals surface area (Å²) in [6, 6.07) is 11.5. The van der Waals surface area contributed by atoms with Crippen molar-refractivity contribution in [3.63, 3.8) is 0 Å². The van der Waals surface area contributed by atoms with Gasteiger partial charge in [-0.25, -0.2) is 29.5 Å². The number of rotatable bonds is 38. The summed E-state index contributed by atoms with van der Waals surface area (Å²) in [4.78, 5) is 118. The number of aromatic nitrogens is 8. The number of nitrogens with two attached hydrogens (primary N) is 5. The summed E-state index contributed by atoms with van der Waals surface area (Å²) in [7, 11) is 6.15. The first-order chi connectivity index (χ1) is 42.4. The van der Waals surface area contributed by atoms with E-state index in [1.807, 2.05) is 23.9 Å². The molecule has 4 aromatic heterocycles. The van der Waals surface area contributed by atoms with E-state index in [0.717, 1.165) is 63.0 Å². The molecule has 4 heterocycles. The molecule has 0 aliphatic heterocycles. The van der Waals surface area contributed by atoms with Crippen LogP contribution in [0.4, 0.5) is 34.9 Å². The number of nitrogens with one attached hydrogen (secondary N) is 4. The minimum atomic E-state index is -1.05. The maximum Gasteiger partial charge on any atom is 0.328 e. The quantitative estimate of drug-likeness (QED) is 0.0195. The molecule has 30 heteroatoms. The number of benzene rings is 2. The second-order valence-electron chi connectivity index (χ2n) is 20.7. The molecular formula is C58H82N20O10. The van der Waals surface area contributed by atoms with Crippen LogP contribution in [0.15, 0.2) is 60.9 Å². The molecule has 0 saturated heterocycles. The third-order valence-corrected chi connectivity index (χ3v) is 14.0. The zero-order valence-electron chi connectivity index (χ0n) is 50.4. The molecule has 0 saturated carbocycles. The lowest BCUT2D eigenvalue weighted by atomic mass is 10.1. The molecule has 4 amide bonds. The van der Waals surface area contributed by atoms with E-state index in [1.54, 1.807) is 60.9 Å². The van der Waals surface area contributed by atoms with Gasteiger partial charge in [-0.05, 0) is 100 Å². The van der Waals surface area contributed by atoms with Gasteiger partial charge in [-0.3, -0.25) is 19.2 Å². The Morgan fingerprint density at radius 3 is 1.35 bits per heavy atom. The van der Waals surface area contributed by atoms with Crippen molar-refractivity contribution in [2.75, 3.05) is 127 Å². The van der Waals surface area contributed by atoms with Crippen molar-refractivity contribution in [3.8, 4) is 0 Å². The zero-order valence-corrected chi connectivity index (χ0v) is 50.4. The maximum absolute atomic E-state index is 13.3. The lowest BCUT2D eigenvalue weighted by Crippen LogP contribution is -2.42. The van der Waals surface area contributed by atoms with Crippen LogP contribution in [0.5, 0.6) is 0 Å². The van der Waals surface area contributed by atoms with Crippen LogP contribution in [-0.4, -0.2) is 186 Å². The molecule has 0 aliphatic rings. The van der Waals surface area contributed by atoms with Gasteiger partial charge in [0.1, 0.15) is 12.1 Å². The Bertz CT molecular complexity index is 3050. The van der Waals surface area contributed by atoms with Gasteiger partial charge in [0.25, 0.3) is 11.8 Å². The first kappa shape index (κ1) is 67.9. The van der Waals surface area contributed by atoms with Gasteiger partial charge in [-0.15, -0.1) is 0 Å². The molecule has 0 fully saturated rings. The van der Waals surface area contributed by atoms with Gasteiger partial charge in [0.15, 0.2) is 34.0 Å². The summed E-state index contributed by atoms with van der Waals surface area (Å²) in [5, 5.41) is 11.3. The number of methoxy groups -OCH3 is 2. The number of nitrogens with zero attached hydrogens (tertiary/aromatic N) is 11. The van der Waals surface area contributed by atoms with Crippen molar-refractivity contribution < 1.29 is 47.7 Å². The van der Waals surface area contributed by atoms with E-state index in [1.165, 1.54) is 14.2 Å². The number of unbranched alkanes of at least 4 members (excludes halogenated alkanes) is 4. The smallest absolute Gasteiger partial charge is 0.328 e. The fourth-order valence-corrected chi connectivity index (χ4v) is 9.18. The summed E-state index contributed by atoms with van der Waals surface area (Å²) in [6.45, 7) is 6.31. The SMILES string of the molecule is COC(=O)C(CCC(=O)NCCCCCN(CCCCCNC(=O)CCC(NC(=O)c1ccc(N(C)Cc2cnc3nc(N)nc(N)c3n2)cc1)C(=O)OC)CCOCCOCCN)NC(=O)c1ccc(N(C)Cc2cnc3nc(N)nc(N)c3n2)cc1. The Labute approximate surface area is 510 Å². The topological polar surface area (TPSA) is 430 Å². The summed E-state index contributed by atoms with van der Waals surface area (Å²) in [5.41, 5.74) is 33.5. The number of fused-ring (bicyclic) bond motifs is 2. The second kappa shape index (κ2) is 35.4. The third-order valence-electron chi connectivity index (χ3n) is 14.0. The number of amides is 4. The first-order valence-corrected chi connectivity index (χ1v) is 29.0. The van der Waals surface area contributed by atoms with Gasteiger partial charge in [-0.2, -0.15) is 19.9 Å². The van der Waals surface area contributed by atoms with E-state index >= 15 is 0 Å². The molecule has 0 aliphatic carbocycles. The monoisotopic (exact) mass is 1220 g/mol. The molecule has 474 valence electrons. The number of ether oxygens (including phenoxy) is 4. The van der Waals surface area contributed by atoms with E-state index in [-0.39, 0.29) is 61.0 Å². The average molecular weight is 1220 g/mol. The number of carbonyl (C=O) groups is 6. The van der Waals surface area contributed by atoms with Gasteiger partial charge in [-0.1, -0.05) is 12.8 Å². The lowest BCUT2D eigenvalue weighted by molar-refractivity contribution is -0.144. The van der Waals surface area contributed by atoms with Crippen molar-refractivity contribution in [1.82, 2.24) is 66.0 Å². The first-order valence-electron chi connectivity index (χ1n) is 29.0. The number of hydrogen-bond acceptors (Lipinski definition) is 26. The van der Waals surface area contributed by atoms with E-state index in [2.05, 4.69) is 66.0 Å². The van der Waals surface area contributed by atoms with Gasteiger partial charge < -0.3 is 83.6 Å². The Kier molecular flexibility index (Phi) is 27.3. The Morgan fingerprint density at radius 1 is 0.523 bits per heavy atom. The molecule has 2 aromatic carbocycles. The highest BCUT2D eigenvalue weighted by Gasteiger charge is 2.25. The molecule has 2 unspecified atom stereocenters. The van der Waals surface area contributed by atoms with Crippen LogP contribution < -0.4 is 59.7 Å². The Morgan fingerprint density at radius 2 is 0.943 bits per heavy atom. The van der Waals surface area contributed by atoms with Crippen molar-refractivity contribution in [1.29, 1.82) is 0 Å². The van der Waals surface area contributed by atoms with Crippen LogP contribution in [0.3, 0.4) is 0 Å². The molecule has 0 radical (unpaired) electrons. The van der Waals surface area contributed by atoms with Crippen molar-refractivity contribution in [2.45, 2.75) is 89.4 Å². The van der Waals surface area contributed by atoms with Gasteiger partial charge in [0.2, 0.25) is 23.7 Å². The van der Waals surface area contributed by atoms with Crippen LogP contribution in [-0.2, 0) is 51.2 Å². The van der Waals surface area contributed by atoms with Gasteiger partial charge >= 0.3 is 11.9 Å². The van der Waals surface area contributed by atoms with Crippen LogP contribution in [0.2, 0.25) is 0 Å². The van der Waals surface area contributed by atoms with E-state index < -0.39 is 35.8 Å². The molecule has 0 bridgehead atoms. The summed E-state index contributed by atoms with van der Waals surface area (Å²) < 4.78 is 21.1. The van der Waals surface area contributed by atoms with Crippen molar-refractivity contribution >= 4 is 92.8 Å². The molecule has 6 aromatic rings. The van der Waals surface area contributed by atoms with Crippen molar-refractivity contribution in [2.24, 2.45) is 5.73 Å². The zero-order chi connectivity index (χ0) is 63.4. The number of anilines is 6. The number of esters is 2. The Hall–Kier alpha value is -9.26. The maximum atomic E-state index is 13.3. The summed E-state index contributed by atoms with van der Waals surface area (Å²) in [6.07, 6.45) is 8.16. The third kappa shape index (κ3) is 21.9. The largest absolute Gasteiger partial charge is 0.467 e. The van der Waals surface area contributed by atoms with Crippen molar-refractivity contribution in [3.05, 3.63) is 83.4 Å². The van der Waals surface area contributed by atoms with Crippen LogP contribution in [0.25, 0.3) is 22.3 Å².